The van der Waals surface area contributed by atoms with Crippen LogP contribution in [0.1, 0.15) is 20.8 Å². The molecular formula is C12H15BF2O3. The Morgan fingerprint density at radius 1 is 1.39 bits per heavy atom. The first-order valence-electron chi connectivity index (χ1n) is 5.76. The van der Waals surface area contributed by atoms with Crippen LogP contribution in [0, 0.1) is 0 Å². The van der Waals surface area contributed by atoms with Gasteiger partial charge in [0.15, 0.2) is 0 Å². The molecule has 1 fully saturated rings. The third-order valence-corrected chi connectivity index (χ3v) is 3.07. The largest absolute Gasteiger partial charge is 0.494 e. The summed E-state index contributed by atoms with van der Waals surface area (Å²) in [6.45, 7) is 2.94. The number of rotatable bonds is 3. The van der Waals surface area contributed by atoms with E-state index >= 15 is 0 Å². The van der Waals surface area contributed by atoms with Gasteiger partial charge in [-0.3, -0.25) is 0 Å². The van der Waals surface area contributed by atoms with Crippen LogP contribution in [0.2, 0.25) is 0 Å². The van der Waals surface area contributed by atoms with Gasteiger partial charge in [0.1, 0.15) is 5.75 Å². The smallest absolute Gasteiger partial charge is 0.435 e. The summed E-state index contributed by atoms with van der Waals surface area (Å²) in [6, 6.07) is 6.37. The van der Waals surface area contributed by atoms with E-state index in [1.165, 1.54) is 12.1 Å². The number of benzene rings is 1. The van der Waals surface area contributed by atoms with Crippen molar-refractivity contribution in [3.8, 4) is 5.75 Å². The third-order valence-electron chi connectivity index (χ3n) is 3.07. The molecule has 0 bridgehead atoms. The predicted molar refractivity (Wildman–Crippen MR) is 64.2 cm³/mol. The highest BCUT2D eigenvalue weighted by Crippen LogP contribution is 2.27. The highest BCUT2D eigenvalue weighted by molar-refractivity contribution is 6.62. The van der Waals surface area contributed by atoms with Gasteiger partial charge in [0.25, 0.3) is 0 Å². The highest BCUT2D eigenvalue weighted by atomic mass is 19.3. The Bertz CT molecular complexity index is 426. The van der Waals surface area contributed by atoms with Gasteiger partial charge in [-0.2, -0.15) is 8.78 Å². The van der Waals surface area contributed by atoms with Crippen molar-refractivity contribution in [3.63, 3.8) is 0 Å². The minimum absolute atomic E-state index is 0.0674. The zero-order valence-corrected chi connectivity index (χ0v) is 10.5. The molecule has 0 aliphatic carbocycles. The van der Waals surface area contributed by atoms with Gasteiger partial charge in [0.2, 0.25) is 0 Å². The molecule has 3 nitrogen and oxygen atoms in total. The molecule has 2 rings (SSSR count). The Kier molecular flexibility index (Phi) is 3.59. The molecule has 18 heavy (non-hydrogen) atoms. The second kappa shape index (κ2) is 4.86. The van der Waals surface area contributed by atoms with Crippen molar-refractivity contribution in [3.05, 3.63) is 24.3 Å². The second-order valence-corrected chi connectivity index (χ2v) is 4.78. The molecule has 1 atom stereocenters. The lowest BCUT2D eigenvalue weighted by Gasteiger charge is -2.21. The van der Waals surface area contributed by atoms with Gasteiger partial charge in [-0.1, -0.05) is 12.1 Å². The summed E-state index contributed by atoms with van der Waals surface area (Å²) in [6.07, 6.45) is -0.0674. The summed E-state index contributed by atoms with van der Waals surface area (Å²) in [5, 5.41) is 0. The standard InChI is InChI=1S/C12H15BF2O3/c1-8-12(2,3)18-13(17-8)9-5-4-6-10(7-9)16-11(14)15/h4-8,11H,1-3H3. The van der Waals surface area contributed by atoms with Gasteiger partial charge in [-0.15, -0.1) is 0 Å². The van der Waals surface area contributed by atoms with E-state index in [2.05, 4.69) is 4.74 Å². The molecule has 1 aliphatic heterocycles. The van der Waals surface area contributed by atoms with Crippen LogP contribution in [0.15, 0.2) is 24.3 Å². The second-order valence-electron chi connectivity index (χ2n) is 4.78. The maximum Gasteiger partial charge on any atom is 0.494 e. The van der Waals surface area contributed by atoms with Crippen LogP contribution >= 0.6 is 0 Å². The van der Waals surface area contributed by atoms with Gasteiger partial charge in [-0.05, 0) is 38.4 Å². The van der Waals surface area contributed by atoms with Crippen LogP contribution in [-0.4, -0.2) is 25.4 Å². The average Bonchev–Trinajstić information content (AvgIpc) is 2.53. The minimum atomic E-state index is -2.83. The summed E-state index contributed by atoms with van der Waals surface area (Å²) in [7, 11) is -0.545. The normalized spacial score (nSPS) is 22.6. The quantitative estimate of drug-likeness (QED) is 0.776. The first-order valence-corrected chi connectivity index (χ1v) is 5.76. The fourth-order valence-corrected chi connectivity index (χ4v) is 1.73. The van der Waals surface area contributed by atoms with Gasteiger partial charge < -0.3 is 14.0 Å². The molecule has 0 aromatic heterocycles. The third kappa shape index (κ3) is 2.81. The maximum absolute atomic E-state index is 12.1. The minimum Gasteiger partial charge on any atom is -0.435 e. The lowest BCUT2D eigenvalue weighted by atomic mass is 9.79. The molecule has 98 valence electrons. The monoisotopic (exact) mass is 256 g/mol. The van der Waals surface area contributed by atoms with E-state index in [1.807, 2.05) is 20.8 Å². The Labute approximate surface area is 105 Å². The van der Waals surface area contributed by atoms with E-state index in [9.17, 15) is 8.78 Å². The molecule has 1 aliphatic rings. The van der Waals surface area contributed by atoms with Crippen LogP contribution < -0.4 is 10.2 Å². The van der Waals surface area contributed by atoms with Crippen LogP contribution in [0.5, 0.6) is 5.75 Å². The van der Waals surface area contributed by atoms with Crippen molar-refractivity contribution in [1.29, 1.82) is 0 Å². The molecule has 0 saturated carbocycles. The fourth-order valence-electron chi connectivity index (χ4n) is 1.73. The van der Waals surface area contributed by atoms with Crippen LogP contribution in [0.4, 0.5) is 8.78 Å². The van der Waals surface area contributed by atoms with Crippen molar-refractivity contribution in [1.82, 2.24) is 0 Å². The Balaban J connectivity index is 2.15. The molecule has 0 radical (unpaired) electrons. The van der Waals surface area contributed by atoms with Crippen molar-refractivity contribution in [2.75, 3.05) is 0 Å². The van der Waals surface area contributed by atoms with Gasteiger partial charge in [0, 0.05) is 0 Å². The van der Waals surface area contributed by atoms with Crippen LogP contribution in [0.25, 0.3) is 0 Å². The number of hydrogen-bond acceptors (Lipinski definition) is 3. The van der Waals surface area contributed by atoms with Gasteiger partial charge in [0.05, 0.1) is 11.7 Å². The predicted octanol–water partition coefficient (Wildman–Crippen LogP) is 2.20. The highest BCUT2D eigenvalue weighted by Gasteiger charge is 2.43. The van der Waals surface area contributed by atoms with E-state index in [4.69, 9.17) is 9.31 Å². The van der Waals surface area contributed by atoms with Gasteiger partial charge >= 0.3 is 13.7 Å². The van der Waals surface area contributed by atoms with E-state index in [1.54, 1.807) is 12.1 Å². The summed E-state index contributed by atoms with van der Waals surface area (Å²) in [4.78, 5) is 0. The molecule has 0 N–H and O–H groups in total. The molecule has 1 aromatic carbocycles. The van der Waals surface area contributed by atoms with Crippen LogP contribution in [-0.2, 0) is 9.31 Å². The van der Waals surface area contributed by atoms with Crippen molar-refractivity contribution in [2.24, 2.45) is 0 Å². The molecule has 1 heterocycles. The van der Waals surface area contributed by atoms with E-state index in [-0.39, 0.29) is 11.9 Å². The summed E-state index contributed by atoms with van der Waals surface area (Å²) in [5.41, 5.74) is 0.273. The summed E-state index contributed by atoms with van der Waals surface area (Å²) >= 11 is 0. The molecule has 0 spiro atoms. The number of alkyl halides is 2. The summed E-state index contributed by atoms with van der Waals surface area (Å²) < 4.78 is 40.0. The fraction of sp³-hybridized carbons (Fsp3) is 0.500. The molecule has 1 aromatic rings. The van der Waals surface area contributed by atoms with Crippen LogP contribution in [0.3, 0.4) is 0 Å². The number of hydrogen-bond donors (Lipinski definition) is 0. The molecule has 1 unspecified atom stereocenters. The molecule has 1 saturated heterocycles. The molecule has 6 heteroatoms. The molecular weight excluding hydrogens is 241 g/mol. The van der Waals surface area contributed by atoms with E-state index in [0.29, 0.717) is 5.46 Å². The van der Waals surface area contributed by atoms with E-state index in [0.717, 1.165) is 0 Å². The summed E-state index contributed by atoms with van der Waals surface area (Å²) in [5.74, 6) is 0.104. The lowest BCUT2D eigenvalue weighted by molar-refractivity contribution is -0.0498. The molecule has 0 amide bonds. The lowest BCUT2D eigenvalue weighted by Crippen LogP contribution is -2.34. The Morgan fingerprint density at radius 3 is 2.67 bits per heavy atom. The van der Waals surface area contributed by atoms with Gasteiger partial charge in [-0.25, -0.2) is 0 Å². The number of ether oxygens (including phenoxy) is 1. The van der Waals surface area contributed by atoms with E-state index < -0.39 is 19.3 Å². The van der Waals surface area contributed by atoms with Crippen molar-refractivity contribution >= 4 is 12.6 Å². The first-order chi connectivity index (χ1) is 8.38. The zero-order valence-electron chi connectivity index (χ0n) is 10.5. The Hall–Kier alpha value is -1.14. The SMILES string of the molecule is CC1OB(c2cccc(OC(F)F)c2)OC1(C)C. The number of halogens is 2. The first kappa shape index (κ1) is 13.3. The van der Waals surface area contributed by atoms with Crippen molar-refractivity contribution < 1.29 is 22.8 Å². The zero-order chi connectivity index (χ0) is 13.3. The maximum atomic E-state index is 12.1. The average molecular weight is 256 g/mol. The van der Waals surface area contributed by atoms with Crippen molar-refractivity contribution in [2.45, 2.75) is 39.1 Å². The Morgan fingerprint density at radius 2 is 2.11 bits per heavy atom. The topological polar surface area (TPSA) is 27.7 Å².